The minimum Gasteiger partial charge on any atom is -0.457 e. The van der Waals surface area contributed by atoms with Crippen LogP contribution in [-0.4, -0.2) is 33.8 Å². The van der Waals surface area contributed by atoms with Crippen LogP contribution in [-0.2, 0) is 24.4 Å². The van der Waals surface area contributed by atoms with E-state index in [4.69, 9.17) is 10.3 Å². The highest BCUT2D eigenvalue weighted by Crippen LogP contribution is 2.24. The second-order valence-electron chi connectivity index (χ2n) is 7.11. The molecule has 1 aliphatic heterocycles. The first kappa shape index (κ1) is 23.1. The summed E-state index contributed by atoms with van der Waals surface area (Å²) in [6.07, 6.45) is 0. The van der Waals surface area contributed by atoms with Gasteiger partial charge in [-0.15, -0.1) is 0 Å². The molecule has 2 aromatic carbocycles. The molecule has 0 radical (unpaired) electrons. The second-order valence-corrected chi connectivity index (χ2v) is 9.15. The van der Waals surface area contributed by atoms with E-state index in [2.05, 4.69) is 10.0 Å². The Bertz CT molecular complexity index is 1440. The summed E-state index contributed by atoms with van der Waals surface area (Å²) in [4.78, 5) is 64.2. The van der Waals surface area contributed by atoms with Gasteiger partial charge in [0.25, 0.3) is 11.8 Å². The molecule has 0 N–H and O–H groups in total. The molecule has 0 atom stereocenters. The Balaban J connectivity index is 1.45. The van der Waals surface area contributed by atoms with Crippen LogP contribution in [0.5, 0.6) is 0 Å². The SMILES string of the molecule is [N-]=[N+]=NCc1ccccc1C(=O)OCc1ccc2c(c1)C(=O)N(CCn1c(=O)ssc1=O)C2=O. The monoisotopic (exact) mass is 497 g/mol. The van der Waals surface area contributed by atoms with Gasteiger partial charge in [-0.3, -0.25) is 28.6 Å². The molecule has 1 aliphatic rings. The van der Waals surface area contributed by atoms with Crippen LogP contribution in [0.2, 0.25) is 0 Å². The number of fused-ring (bicyclic) bond motifs is 1. The summed E-state index contributed by atoms with van der Waals surface area (Å²) in [7, 11) is 1.60. The lowest BCUT2D eigenvalue weighted by molar-refractivity contribution is 0.0471. The molecule has 172 valence electrons. The van der Waals surface area contributed by atoms with Crippen LogP contribution in [0, 0.1) is 0 Å². The Morgan fingerprint density at radius 3 is 2.41 bits per heavy atom. The van der Waals surface area contributed by atoms with Crippen LogP contribution < -0.4 is 9.75 Å². The summed E-state index contributed by atoms with van der Waals surface area (Å²) in [5.74, 6) is -1.69. The number of hydrogen-bond donors (Lipinski definition) is 0. The molecule has 11 nitrogen and oxygen atoms in total. The van der Waals surface area contributed by atoms with Gasteiger partial charge >= 0.3 is 15.7 Å². The van der Waals surface area contributed by atoms with E-state index in [9.17, 15) is 24.0 Å². The zero-order valence-corrected chi connectivity index (χ0v) is 19.0. The summed E-state index contributed by atoms with van der Waals surface area (Å²) in [5.41, 5.74) is 10.1. The number of benzene rings is 2. The fourth-order valence-electron chi connectivity index (χ4n) is 3.44. The number of carbonyl (C=O) groups excluding carboxylic acids is 3. The minimum atomic E-state index is -0.621. The van der Waals surface area contributed by atoms with Crippen LogP contribution in [0.3, 0.4) is 0 Å². The van der Waals surface area contributed by atoms with Crippen molar-refractivity contribution >= 4 is 38.5 Å². The Morgan fingerprint density at radius 2 is 1.68 bits per heavy atom. The van der Waals surface area contributed by atoms with Crippen LogP contribution in [0.4, 0.5) is 0 Å². The third kappa shape index (κ3) is 4.53. The average molecular weight is 498 g/mol. The fraction of sp³-hybridized carbons (Fsp3) is 0.190. The molecule has 34 heavy (non-hydrogen) atoms. The maximum atomic E-state index is 12.8. The van der Waals surface area contributed by atoms with Gasteiger partial charge in [-0.1, -0.05) is 29.4 Å². The van der Waals surface area contributed by atoms with Gasteiger partial charge in [-0.05, 0) is 55.5 Å². The predicted molar refractivity (Wildman–Crippen MR) is 123 cm³/mol. The lowest BCUT2D eigenvalue weighted by atomic mass is 10.1. The molecule has 1 aromatic heterocycles. The van der Waals surface area contributed by atoms with Gasteiger partial charge in [0, 0.05) is 18.0 Å². The Kier molecular flexibility index (Phi) is 6.68. The number of nitrogens with zero attached hydrogens (tertiary/aromatic N) is 5. The maximum Gasteiger partial charge on any atom is 0.338 e. The van der Waals surface area contributed by atoms with Crippen molar-refractivity contribution in [3.63, 3.8) is 0 Å². The molecular weight excluding hydrogens is 482 g/mol. The van der Waals surface area contributed by atoms with Gasteiger partial charge in [-0.25, -0.2) is 4.79 Å². The van der Waals surface area contributed by atoms with Crippen molar-refractivity contribution in [1.29, 1.82) is 0 Å². The second kappa shape index (κ2) is 9.83. The van der Waals surface area contributed by atoms with E-state index >= 15 is 0 Å². The molecule has 2 heterocycles. The van der Waals surface area contributed by atoms with Gasteiger partial charge < -0.3 is 4.74 Å². The van der Waals surface area contributed by atoms with Crippen molar-refractivity contribution in [2.75, 3.05) is 6.54 Å². The molecule has 3 aromatic rings. The number of amides is 2. The van der Waals surface area contributed by atoms with Crippen molar-refractivity contribution in [2.24, 2.45) is 5.11 Å². The number of esters is 1. The standard InChI is InChI=1S/C21H15N5O6S2/c22-24-23-10-13-3-1-2-4-14(13)19(29)32-11-12-5-6-15-16(9-12)18(28)25(17(15)27)7-8-26-20(30)33-34-21(26)31/h1-6,9H,7-8,10-11H2. The largest absolute Gasteiger partial charge is 0.457 e. The van der Waals surface area contributed by atoms with E-state index in [0.29, 0.717) is 11.1 Å². The zero-order valence-electron chi connectivity index (χ0n) is 17.4. The van der Waals surface area contributed by atoms with Gasteiger partial charge in [0.05, 0.1) is 23.2 Å². The lowest BCUT2D eigenvalue weighted by Gasteiger charge is -2.13. The molecule has 0 aliphatic carbocycles. The maximum absolute atomic E-state index is 12.8. The molecule has 0 fully saturated rings. The van der Waals surface area contributed by atoms with Crippen molar-refractivity contribution in [3.8, 4) is 0 Å². The number of carbonyl (C=O) groups is 3. The molecule has 13 heteroatoms. The summed E-state index contributed by atoms with van der Waals surface area (Å²) < 4.78 is 6.34. The molecule has 2 amide bonds. The first-order valence-electron chi connectivity index (χ1n) is 9.85. The number of rotatable bonds is 8. The Morgan fingerprint density at radius 1 is 0.971 bits per heavy atom. The first-order chi connectivity index (χ1) is 16.4. The van der Waals surface area contributed by atoms with Crippen molar-refractivity contribution in [2.45, 2.75) is 19.7 Å². The highest BCUT2D eigenvalue weighted by molar-refractivity contribution is 7.67. The highest BCUT2D eigenvalue weighted by Gasteiger charge is 2.35. The van der Waals surface area contributed by atoms with Crippen molar-refractivity contribution in [3.05, 3.63) is 100 Å². The van der Waals surface area contributed by atoms with E-state index in [1.54, 1.807) is 30.3 Å². The topological polar surface area (TPSA) is 152 Å². The van der Waals surface area contributed by atoms with Crippen LogP contribution in [0.1, 0.15) is 42.2 Å². The zero-order chi connectivity index (χ0) is 24.2. The van der Waals surface area contributed by atoms with Gasteiger partial charge in [-0.2, -0.15) is 0 Å². The molecule has 0 saturated carbocycles. The van der Waals surface area contributed by atoms with E-state index < -0.39 is 27.5 Å². The number of hydrogen-bond acceptors (Lipinski definition) is 9. The van der Waals surface area contributed by atoms with Gasteiger partial charge in [0.2, 0.25) is 0 Å². The van der Waals surface area contributed by atoms with Crippen molar-refractivity contribution < 1.29 is 19.1 Å². The molecule has 0 unspecified atom stereocenters. The summed E-state index contributed by atoms with van der Waals surface area (Å²) in [5, 5.41) is 3.47. The predicted octanol–water partition coefficient (Wildman–Crippen LogP) is 2.80. The lowest BCUT2D eigenvalue weighted by Crippen LogP contribution is -2.36. The molecule has 0 saturated heterocycles. The number of ether oxygens (including phenoxy) is 1. The molecule has 0 spiro atoms. The smallest absolute Gasteiger partial charge is 0.338 e. The third-order valence-corrected chi connectivity index (χ3v) is 7.03. The van der Waals surface area contributed by atoms with E-state index in [0.717, 1.165) is 30.1 Å². The van der Waals surface area contributed by atoms with Crippen molar-refractivity contribution in [1.82, 2.24) is 9.47 Å². The van der Waals surface area contributed by atoms with E-state index in [1.165, 1.54) is 12.1 Å². The summed E-state index contributed by atoms with van der Waals surface area (Å²) in [6, 6.07) is 11.1. The Hall–Kier alpha value is -4.06. The van der Waals surface area contributed by atoms with E-state index in [1.807, 2.05) is 0 Å². The number of imide groups is 1. The number of aromatic nitrogens is 1. The Labute approximate surface area is 198 Å². The molecule has 4 rings (SSSR count). The minimum absolute atomic E-state index is 0.000928. The normalized spacial score (nSPS) is 12.4. The van der Waals surface area contributed by atoms with Crippen LogP contribution in [0.25, 0.3) is 10.4 Å². The van der Waals surface area contributed by atoms with E-state index in [-0.39, 0.29) is 42.9 Å². The fourth-order valence-corrected chi connectivity index (χ4v) is 5.14. The average Bonchev–Trinajstić information content (AvgIpc) is 3.29. The third-order valence-electron chi connectivity index (χ3n) is 5.12. The molecular formula is C21H15N5O6S2. The number of azide groups is 1. The summed E-state index contributed by atoms with van der Waals surface area (Å²) >= 11 is 0. The quantitative estimate of drug-likeness (QED) is 0.117. The van der Waals surface area contributed by atoms with Crippen LogP contribution in [0.15, 0.2) is 57.2 Å². The van der Waals surface area contributed by atoms with Gasteiger partial charge in [0.1, 0.15) is 6.61 Å². The van der Waals surface area contributed by atoms with Crippen LogP contribution >= 0.6 is 20.7 Å². The van der Waals surface area contributed by atoms with Gasteiger partial charge in [0.15, 0.2) is 0 Å². The first-order valence-corrected chi connectivity index (χ1v) is 12.0. The summed E-state index contributed by atoms with van der Waals surface area (Å²) in [6.45, 7) is -0.339. The highest BCUT2D eigenvalue weighted by atomic mass is 32.9. The molecule has 0 bridgehead atoms.